The predicted molar refractivity (Wildman–Crippen MR) is 49.7 cm³/mol. The summed E-state index contributed by atoms with van der Waals surface area (Å²) in [5, 5.41) is 14.8. The number of carboxylic acid groups (broad SMARTS) is 2. The Kier molecular flexibility index (Phi) is 9.98. The quantitative estimate of drug-likeness (QED) is 0.402. The Labute approximate surface area is 102 Å². The Morgan fingerprint density at radius 3 is 1.33 bits per heavy atom. The van der Waals surface area contributed by atoms with Gasteiger partial charge in [0.25, 0.3) is 0 Å². The molecule has 0 amide bonds. The molecule has 0 radical (unpaired) electrons. The first-order chi connectivity index (χ1) is 6.45. The molecule has 0 bridgehead atoms. The first-order valence-electron chi connectivity index (χ1n) is 4.42. The van der Waals surface area contributed by atoms with Crippen molar-refractivity contribution in [2.75, 3.05) is 0 Å². The second-order valence-corrected chi connectivity index (χ2v) is 3.22. The van der Waals surface area contributed by atoms with Gasteiger partial charge in [-0.1, -0.05) is 12.8 Å². The first-order valence-corrected chi connectivity index (χ1v) is 4.42. The SMILES string of the molecule is N[C@H]1CCCC[C@@H]1N.O=C(O)C(=O)O.[Pt]. The number of aliphatic carboxylic acids is 2. The third-order valence-corrected chi connectivity index (χ3v) is 2.06. The van der Waals surface area contributed by atoms with Gasteiger partial charge in [0.05, 0.1) is 0 Å². The van der Waals surface area contributed by atoms with E-state index in [0.29, 0.717) is 0 Å². The van der Waals surface area contributed by atoms with Crippen molar-refractivity contribution >= 4 is 11.9 Å². The van der Waals surface area contributed by atoms with Crippen LogP contribution in [-0.4, -0.2) is 34.2 Å². The third-order valence-electron chi connectivity index (χ3n) is 2.06. The number of hydrogen-bond acceptors (Lipinski definition) is 4. The molecule has 6 nitrogen and oxygen atoms in total. The van der Waals surface area contributed by atoms with Crippen LogP contribution in [0.15, 0.2) is 0 Å². The maximum atomic E-state index is 9.10. The largest absolute Gasteiger partial charge is 0.473 e. The van der Waals surface area contributed by atoms with Crippen LogP contribution in [0.1, 0.15) is 25.7 Å². The van der Waals surface area contributed by atoms with Crippen molar-refractivity contribution in [1.82, 2.24) is 0 Å². The maximum absolute atomic E-state index is 9.10. The summed E-state index contributed by atoms with van der Waals surface area (Å²) in [6, 6.07) is 0.562. The van der Waals surface area contributed by atoms with Crippen LogP contribution >= 0.6 is 0 Å². The zero-order chi connectivity index (χ0) is 11.1. The van der Waals surface area contributed by atoms with Gasteiger partial charge in [0.1, 0.15) is 0 Å². The van der Waals surface area contributed by atoms with E-state index in [1.807, 2.05) is 0 Å². The average Bonchev–Trinajstić information content (AvgIpc) is 2.11. The molecule has 0 spiro atoms. The molecule has 92 valence electrons. The zero-order valence-corrected chi connectivity index (χ0v) is 10.4. The van der Waals surface area contributed by atoms with Crippen LogP contribution in [0.4, 0.5) is 0 Å². The minimum atomic E-state index is -1.82. The molecule has 1 saturated carbocycles. The van der Waals surface area contributed by atoms with Crippen molar-refractivity contribution in [2.24, 2.45) is 11.5 Å². The summed E-state index contributed by atoms with van der Waals surface area (Å²) in [7, 11) is 0. The Bertz CT molecular complexity index is 191. The Balaban J connectivity index is 0. The van der Waals surface area contributed by atoms with Crippen molar-refractivity contribution in [3.05, 3.63) is 0 Å². The van der Waals surface area contributed by atoms with E-state index in [1.165, 1.54) is 12.8 Å². The van der Waals surface area contributed by atoms with Crippen molar-refractivity contribution in [3.8, 4) is 0 Å². The van der Waals surface area contributed by atoms with Crippen LogP contribution in [0.25, 0.3) is 0 Å². The van der Waals surface area contributed by atoms with Gasteiger partial charge in [0.15, 0.2) is 0 Å². The number of carboxylic acids is 2. The van der Waals surface area contributed by atoms with Gasteiger partial charge in [-0.15, -0.1) is 0 Å². The molecule has 1 aliphatic carbocycles. The fourth-order valence-electron chi connectivity index (χ4n) is 1.19. The fourth-order valence-corrected chi connectivity index (χ4v) is 1.19. The van der Waals surface area contributed by atoms with E-state index >= 15 is 0 Å². The molecule has 0 aromatic carbocycles. The third kappa shape index (κ3) is 8.54. The topological polar surface area (TPSA) is 127 Å². The van der Waals surface area contributed by atoms with Crippen LogP contribution in [0, 0.1) is 0 Å². The molecular weight excluding hydrogens is 383 g/mol. The summed E-state index contributed by atoms with van der Waals surface area (Å²) in [4.78, 5) is 18.2. The van der Waals surface area contributed by atoms with Crippen LogP contribution < -0.4 is 11.5 Å². The number of carbonyl (C=O) groups is 2. The molecule has 1 fully saturated rings. The Hall–Kier alpha value is -0.452. The minimum Gasteiger partial charge on any atom is -0.473 e. The Morgan fingerprint density at radius 2 is 1.20 bits per heavy atom. The molecule has 1 rings (SSSR count). The maximum Gasteiger partial charge on any atom is 0.414 e. The van der Waals surface area contributed by atoms with Gasteiger partial charge >= 0.3 is 11.9 Å². The molecule has 6 N–H and O–H groups in total. The van der Waals surface area contributed by atoms with Crippen molar-refractivity contribution in [1.29, 1.82) is 0 Å². The smallest absolute Gasteiger partial charge is 0.414 e. The molecule has 0 aromatic heterocycles. The number of rotatable bonds is 0. The first kappa shape index (κ1) is 17.0. The molecule has 0 heterocycles. The van der Waals surface area contributed by atoms with Gasteiger partial charge < -0.3 is 21.7 Å². The molecule has 0 unspecified atom stereocenters. The van der Waals surface area contributed by atoms with E-state index in [4.69, 9.17) is 31.3 Å². The van der Waals surface area contributed by atoms with Crippen LogP contribution in [0.2, 0.25) is 0 Å². The van der Waals surface area contributed by atoms with Gasteiger partial charge in [-0.25, -0.2) is 9.59 Å². The van der Waals surface area contributed by atoms with E-state index in [0.717, 1.165) is 12.8 Å². The van der Waals surface area contributed by atoms with E-state index in [1.54, 1.807) is 0 Å². The van der Waals surface area contributed by atoms with E-state index in [9.17, 15) is 0 Å². The molecular formula is C8H16N2O4Pt. The normalized spacial score (nSPS) is 24.1. The standard InChI is InChI=1S/C6H14N2.C2H2O4.Pt/c7-5-3-1-2-4-6(5)8;3-1(4)2(5)6;/h5-6H,1-4,7-8H2;(H,3,4)(H,5,6);/t5-,6-;;/m0../s1. The van der Waals surface area contributed by atoms with Gasteiger partial charge in [0.2, 0.25) is 0 Å². The predicted octanol–water partition coefficient (Wildman–Crippen LogP) is -0.632. The second-order valence-electron chi connectivity index (χ2n) is 3.22. The number of nitrogens with two attached hydrogens (primary N) is 2. The zero-order valence-electron chi connectivity index (χ0n) is 8.16. The summed E-state index contributed by atoms with van der Waals surface area (Å²) in [6.07, 6.45) is 4.80. The van der Waals surface area contributed by atoms with Crippen LogP contribution in [0.5, 0.6) is 0 Å². The Morgan fingerprint density at radius 1 is 0.933 bits per heavy atom. The molecule has 7 heteroatoms. The molecule has 0 aromatic rings. The summed E-state index contributed by atoms with van der Waals surface area (Å²) in [5.74, 6) is -3.65. The minimum absolute atomic E-state index is 0. The van der Waals surface area contributed by atoms with E-state index in [2.05, 4.69) is 0 Å². The summed E-state index contributed by atoms with van der Waals surface area (Å²) in [5.41, 5.74) is 11.3. The molecule has 0 aliphatic heterocycles. The van der Waals surface area contributed by atoms with Crippen LogP contribution in [-0.2, 0) is 30.7 Å². The van der Waals surface area contributed by atoms with E-state index < -0.39 is 11.9 Å². The van der Waals surface area contributed by atoms with Gasteiger partial charge in [0, 0.05) is 33.1 Å². The second kappa shape index (κ2) is 8.82. The summed E-state index contributed by atoms with van der Waals surface area (Å²) in [6.45, 7) is 0. The van der Waals surface area contributed by atoms with Gasteiger partial charge in [-0.2, -0.15) is 0 Å². The monoisotopic (exact) mass is 399 g/mol. The average molecular weight is 399 g/mol. The van der Waals surface area contributed by atoms with Gasteiger partial charge in [-0.3, -0.25) is 0 Å². The fraction of sp³-hybridized carbons (Fsp3) is 0.750. The molecule has 1 aliphatic rings. The van der Waals surface area contributed by atoms with Crippen molar-refractivity contribution < 1.29 is 40.9 Å². The number of hydrogen-bond donors (Lipinski definition) is 4. The summed E-state index contributed by atoms with van der Waals surface area (Å²) < 4.78 is 0. The van der Waals surface area contributed by atoms with Crippen LogP contribution in [0.3, 0.4) is 0 Å². The molecule has 2 atom stereocenters. The molecule has 0 saturated heterocycles. The van der Waals surface area contributed by atoms with Crippen molar-refractivity contribution in [3.63, 3.8) is 0 Å². The van der Waals surface area contributed by atoms with E-state index in [-0.39, 0.29) is 33.1 Å². The van der Waals surface area contributed by atoms with Gasteiger partial charge in [-0.05, 0) is 12.8 Å². The van der Waals surface area contributed by atoms with Crippen molar-refractivity contribution in [2.45, 2.75) is 37.8 Å². The summed E-state index contributed by atoms with van der Waals surface area (Å²) >= 11 is 0. The molecule has 15 heavy (non-hydrogen) atoms.